The summed E-state index contributed by atoms with van der Waals surface area (Å²) in [5, 5.41) is 0. The van der Waals surface area contributed by atoms with Crippen molar-refractivity contribution in [2.75, 3.05) is 27.3 Å². The zero-order valence-electron chi connectivity index (χ0n) is 10.5. The third-order valence-corrected chi connectivity index (χ3v) is 2.04. The molecular weight excluding hydrogens is 192 g/mol. The number of methoxy groups -OCH3 is 1. The molecule has 15 heavy (non-hydrogen) atoms. The van der Waals surface area contributed by atoms with Crippen LogP contribution in [0.1, 0.15) is 27.2 Å². The lowest BCUT2D eigenvalue weighted by atomic mass is 9.96. The van der Waals surface area contributed by atoms with Crippen LogP contribution in [-0.2, 0) is 9.53 Å². The third kappa shape index (κ3) is 6.47. The molecule has 0 bridgehead atoms. The van der Waals surface area contributed by atoms with Gasteiger partial charge in [-0.25, -0.2) is 0 Å². The number of nitrogens with two attached hydrogens (primary N) is 1. The molecule has 2 N–H and O–H groups in total. The fraction of sp³-hybridized carbons (Fsp3) is 0.909. The highest BCUT2D eigenvalue weighted by Gasteiger charge is 2.21. The number of rotatable bonds is 5. The Morgan fingerprint density at radius 1 is 1.47 bits per heavy atom. The van der Waals surface area contributed by atoms with Crippen LogP contribution in [0.25, 0.3) is 0 Å². The van der Waals surface area contributed by atoms with Crippen molar-refractivity contribution in [1.82, 2.24) is 4.90 Å². The molecule has 0 heterocycles. The minimum absolute atomic E-state index is 0.0121. The highest BCUT2D eigenvalue weighted by molar-refractivity contribution is 5.81. The Hall–Kier alpha value is -0.610. The van der Waals surface area contributed by atoms with Crippen LogP contribution in [0.2, 0.25) is 0 Å². The van der Waals surface area contributed by atoms with E-state index in [0.29, 0.717) is 19.6 Å². The van der Waals surface area contributed by atoms with E-state index >= 15 is 0 Å². The summed E-state index contributed by atoms with van der Waals surface area (Å²) in [6.07, 6.45) is 0.573. The number of carbonyl (C=O) groups excluding carboxylic acids is 1. The molecule has 0 aromatic carbocycles. The second kappa shape index (κ2) is 6.08. The van der Waals surface area contributed by atoms with Crippen molar-refractivity contribution in [1.29, 1.82) is 0 Å². The van der Waals surface area contributed by atoms with Crippen molar-refractivity contribution in [2.24, 2.45) is 11.1 Å². The van der Waals surface area contributed by atoms with E-state index in [-0.39, 0.29) is 11.3 Å². The second-order valence-electron chi connectivity index (χ2n) is 5.14. The first-order chi connectivity index (χ1) is 6.78. The zero-order chi connectivity index (χ0) is 12.1. The summed E-state index contributed by atoms with van der Waals surface area (Å²) in [4.78, 5) is 13.5. The first-order valence-electron chi connectivity index (χ1n) is 5.27. The van der Waals surface area contributed by atoms with Crippen LogP contribution < -0.4 is 5.73 Å². The number of nitrogens with zero attached hydrogens (tertiary/aromatic N) is 1. The molecule has 0 radical (unpaired) electrons. The number of ether oxygens (including phenoxy) is 1. The van der Waals surface area contributed by atoms with Crippen LogP contribution in [0.3, 0.4) is 0 Å². The summed E-state index contributed by atoms with van der Waals surface area (Å²) in [5.41, 5.74) is 5.85. The lowest BCUT2D eigenvalue weighted by Crippen LogP contribution is -2.45. The topological polar surface area (TPSA) is 55.6 Å². The van der Waals surface area contributed by atoms with Gasteiger partial charge in [0, 0.05) is 27.3 Å². The van der Waals surface area contributed by atoms with Gasteiger partial charge >= 0.3 is 0 Å². The van der Waals surface area contributed by atoms with E-state index in [0.717, 1.165) is 0 Å². The summed E-state index contributed by atoms with van der Waals surface area (Å²) in [6.45, 7) is 7.52. The van der Waals surface area contributed by atoms with Gasteiger partial charge in [-0.15, -0.1) is 0 Å². The zero-order valence-corrected chi connectivity index (χ0v) is 10.5. The van der Waals surface area contributed by atoms with E-state index < -0.39 is 6.04 Å². The molecular formula is C11H24N2O2. The minimum Gasteiger partial charge on any atom is -0.385 e. The fourth-order valence-electron chi connectivity index (χ4n) is 1.44. The molecule has 1 unspecified atom stereocenters. The Morgan fingerprint density at radius 3 is 2.40 bits per heavy atom. The Kier molecular flexibility index (Phi) is 5.83. The first kappa shape index (κ1) is 14.4. The van der Waals surface area contributed by atoms with Crippen molar-refractivity contribution in [3.63, 3.8) is 0 Å². The van der Waals surface area contributed by atoms with Gasteiger partial charge in [0.1, 0.15) is 0 Å². The van der Waals surface area contributed by atoms with Gasteiger partial charge in [-0.05, 0) is 11.8 Å². The molecule has 0 aliphatic carbocycles. The van der Waals surface area contributed by atoms with Crippen molar-refractivity contribution in [2.45, 2.75) is 33.2 Å². The van der Waals surface area contributed by atoms with Crippen molar-refractivity contribution in [3.05, 3.63) is 0 Å². The number of hydrogen-bond acceptors (Lipinski definition) is 3. The monoisotopic (exact) mass is 216 g/mol. The van der Waals surface area contributed by atoms with E-state index in [1.165, 1.54) is 0 Å². The molecule has 4 heteroatoms. The molecule has 0 spiro atoms. The molecule has 4 nitrogen and oxygen atoms in total. The summed E-state index contributed by atoms with van der Waals surface area (Å²) >= 11 is 0. The Bertz CT molecular complexity index is 199. The highest BCUT2D eigenvalue weighted by Crippen LogP contribution is 2.14. The smallest absolute Gasteiger partial charge is 0.239 e. The molecule has 0 saturated carbocycles. The van der Waals surface area contributed by atoms with E-state index in [9.17, 15) is 4.79 Å². The number of hydrogen-bond donors (Lipinski definition) is 1. The maximum absolute atomic E-state index is 11.8. The number of amides is 1. The van der Waals surface area contributed by atoms with Gasteiger partial charge in [-0.1, -0.05) is 20.8 Å². The SMILES string of the molecule is COCCC(N)C(=O)N(C)CC(C)(C)C. The predicted molar refractivity (Wildman–Crippen MR) is 61.6 cm³/mol. The van der Waals surface area contributed by atoms with Gasteiger partial charge < -0.3 is 15.4 Å². The van der Waals surface area contributed by atoms with E-state index in [2.05, 4.69) is 20.8 Å². The van der Waals surface area contributed by atoms with Crippen LogP contribution >= 0.6 is 0 Å². The summed E-state index contributed by atoms with van der Waals surface area (Å²) in [7, 11) is 3.40. The van der Waals surface area contributed by atoms with Gasteiger partial charge in [0.25, 0.3) is 0 Å². The molecule has 0 aromatic heterocycles. The molecule has 90 valence electrons. The van der Waals surface area contributed by atoms with Gasteiger partial charge in [0.15, 0.2) is 0 Å². The molecule has 0 saturated heterocycles. The maximum Gasteiger partial charge on any atom is 0.239 e. The molecule has 0 aliphatic rings. The summed E-state index contributed by atoms with van der Waals surface area (Å²) in [6, 6.07) is -0.447. The van der Waals surface area contributed by atoms with Crippen LogP contribution in [0.5, 0.6) is 0 Å². The molecule has 0 rings (SSSR count). The Balaban J connectivity index is 4.08. The standard InChI is InChI=1S/C11H24N2O2/c1-11(2,3)8-13(4)10(14)9(12)6-7-15-5/h9H,6-8,12H2,1-5H3. The number of likely N-dealkylation sites (N-methyl/N-ethyl adjacent to an activating group) is 1. The molecule has 1 amide bonds. The van der Waals surface area contributed by atoms with Gasteiger partial charge in [0.05, 0.1) is 6.04 Å². The Morgan fingerprint density at radius 2 is 2.00 bits per heavy atom. The van der Waals surface area contributed by atoms with E-state index in [1.54, 1.807) is 19.1 Å². The van der Waals surface area contributed by atoms with E-state index in [1.807, 2.05) is 0 Å². The highest BCUT2D eigenvalue weighted by atomic mass is 16.5. The van der Waals surface area contributed by atoms with Crippen molar-refractivity contribution < 1.29 is 9.53 Å². The fourth-order valence-corrected chi connectivity index (χ4v) is 1.44. The van der Waals surface area contributed by atoms with Crippen LogP contribution in [0, 0.1) is 5.41 Å². The lowest BCUT2D eigenvalue weighted by Gasteiger charge is -2.28. The summed E-state index contributed by atoms with van der Waals surface area (Å²) < 4.78 is 4.89. The maximum atomic E-state index is 11.8. The molecule has 0 fully saturated rings. The Labute approximate surface area is 92.8 Å². The molecule has 0 aromatic rings. The normalized spacial score (nSPS) is 13.7. The van der Waals surface area contributed by atoms with Crippen LogP contribution in [0.4, 0.5) is 0 Å². The predicted octanol–water partition coefficient (Wildman–Crippen LogP) is 0.855. The second-order valence-corrected chi connectivity index (χ2v) is 5.14. The summed E-state index contributed by atoms with van der Waals surface area (Å²) in [5.74, 6) is -0.0121. The third-order valence-electron chi connectivity index (χ3n) is 2.04. The lowest BCUT2D eigenvalue weighted by molar-refractivity contribution is -0.132. The van der Waals surface area contributed by atoms with Crippen molar-refractivity contribution in [3.8, 4) is 0 Å². The largest absolute Gasteiger partial charge is 0.385 e. The van der Waals surface area contributed by atoms with E-state index in [4.69, 9.17) is 10.5 Å². The van der Waals surface area contributed by atoms with Crippen LogP contribution in [0.15, 0.2) is 0 Å². The van der Waals surface area contributed by atoms with Crippen molar-refractivity contribution >= 4 is 5.91 Å². The quantitative estimate of drug-likeness (QED) is 0.741. The minimum atomic E-state index is -0.447. The van der Waals surface area contributed by atoms with Gasteiger partial charge in [-0.2, -0.15) is 0 Å². The number of carbonyl (C=O) groups is 1. The van der Waals surface area contributed by atoms with Gasteiger partial charge in [0.2, 0.25) is 5.91 Å². The van der Waals surface area contributed by atoms with Crippen LogP contribution in [-0.4, -0.2) is 44.2 Å². The first-order valence-corrected chi connectivity index (χ1v) is 5.27. The molecule has 1 atom stereocenters. The average Bonchev–Trinajstić information content (AvgIpc) is 2.10. The van der Waals surface area contributed by atoms with Gasteiger partial charge in [-0.3, -0.25) is 4.79 Å². The molecule has 0 aliphatic heterocycles. The average molecular weight is 216 g/mol.